The fourth-order valence-corrected chi connectivity index (χ4v) is 7.27. The van der Waals surface area contributed by atoms with Crippen molar-refractivity contribution in [2.75, 3.05) is 46.6 Å². The zero-order valence-corrected chi connectivity index (χ0v) is 29.1. The molecule has 2 saturated heterocycles. The molecule has 2 amide bonds. The van der Waals surface area contributed by atoms with Crippen molar-refractivity contribution in [2.24, 2.45) is 23.7 Å². The van der Waals surface area contributed by atoms with E-state index in [1.807, 2.05) is 23.1 Å². The van der Waals surface area contributed by atoms with Crippen LogP contribution in [0.5, 0.6) is 5.75 Å². The number of pyridine rings is 1. The SMILES string of the molecule is CCCCC(CC)C1CC(C(=O)NC(CC(=O)OC)c2cncc(-c3ccc(OCCF)cc3)c2)CN(C(=O)CCC2CCNCC2)C1. The van der Waals surface area contributed by atoms with Crippen molar-refractivity contribution in [1.82, 2.24) is 20.5 Å². The highest BCUT2D eigenvalue weighted by Crippen LogP contribution is 2.34. The molecule has 4 rings (SSSR count). The molecule has 2 aliphatic rings. The Balaban J connectivity index is 1.52. The second kappa shape index (κ2) is 19.5. The van der Waals surface area contributed by atoms with Gasteiger partial charge in [0.25, 0.3) is 0 Å². The van der Waals surface area contributed by atoms with Crippen molar-refractivity contribution < 1.29 is 28.2 Å². The van der Waals surface area contributed by atoms with Gasteiger partial charge in [-0.3, -0.25) is 19.4 Å². The first kappa shape index (κ1) is 37.3. The minimum absolute atomic E-state index is 0.00478. The van der Waals surface area contributed by atoms with Crippen LogP contribution < -0.4 is 15.4 Å². The zero-order chi connectivity index (χ0) is 34.3. The van der Waals surface area contributed by atoms with E-state index in [-0.39, 0.29) is 36.7 Å². The summed E-state index contributed by atoms with van der Waals surface area (Å²) in [5.41, 5.74) is 2.35. The molecule has 264 valence electrons. The average molecular weight is 667 g/mol. The van der Waals surface area contributed by atoms with Crippen LogP contribution in [0.25, 0.3) is 11.1 Å². The van der Waals surface area contributed by atoms with Gasteiger partial charge >= 0.3 is 5.97 Å². The van der Waals surface area contributed by atoms with Crippen molar-refractivity contribution in [3.63, 3.8) is 0 Å². The Kier molecular flexibility index (Phi) is 15.1. The Labute approximate surface area is 285 Å². The number of methoxy groups -OCH3 is 1. The third kappa shape index (κ3) is 11.0. The van der Waals surface area contributed by atoms with Crippen molar-refractivity contribution in [1.29, 1.82) is 0 Å². The van der Waals surface area contributed by atoms with Gasteiger partial charge in [-0.25, -0.2) is 4.39 Å². The number of nitrogens with one attached hydrogen (secondary N) is 2. The number of benzene rings is 1. The number of likely N-dealkylation sites (tertiary alicyclic amines) is 1. The maximum absolute atomic E-state index is 14.1. The Morgan fingerprint density at radius 3 is 2.54 bits per heavy atom. The topological polar surface area (TPSA) is 110 Å². The van der Waals surface area contributed by atoms with Crippen LogP contribution in [0.1, 0.15) is 89.7 Å². The van der Waals surface area contributed by atoms with E-state index < -0.39 is 18.7 Å². The molecule has 9 nitrogen and oxygen atoms in total. The van der Waals surface area contributed by atoms with Gasteiger partial charge < -0.3 is 25.0 Å². The summed E-state index contributed by atoms with van der Waals surface area (Å²) in [6, 6.07) is 8.53. The van der Waals surface area contributed by atoms with E-state index >= 15 is 0 Å². The molecule has 3 heterocycles. The van der Waals surface area contributed by atoms with Crippen LogP contribution in [-0.2, 0) is 19.1 Å². The molecule has 0 bridgehead atoms. The Morgan fingerprint density at radius 1 is 1.08 bits per heavy atom. The number of aromatic nitrogens is 1. The highest BCUT2D eigenvalue weighted by atomic mass is 19.1. The summed E-state index contributed by atoms with van der Waals surface area (Å²) in [5.74, 6) is 0.994. The third-order valence-electron chi connectivity index (χ3n) is 10.2. The van der Waals surface area contributed by atoms with E-state index in [9.17, 15) is 18.8 Å². The highest BCUT2D eigenvalue weighted by Gasteiger charge is 2.37. The first-order valence-electron chi connectivity index (χ1n) is 17.9. The largest absolute Gasteiger partial charge is 0.491 e. The van der Waals surface area contributed by atoms with Gasteiger partial charge in [0.1, 0.15) is 19.0 Å². The molecule has 10 heteroatoms. The van der Waals surface area contributed by atoms with Crippen LogP contribution in [0.4, 0.5) is 4.39 Å². The molecule has 0 saturated carbocycles. The van der Waals surface area contributed by atoms with Gasteiger partial charge in [-0.15, -0.1) is 0 Å². The molecule has 0 radical (unpaired) electrons. The summed E-state index contributed by atoms with van der Waals surface area (Å²) in [5, 5.41) is 6.56. The number of ether oxygens (including phenoxy) is 2. The average Bonchev–Trinajstić information content (AvgIpc) is 3.13. The lowest BCUT2D eigenvalue weighted by atomic mass is 9.77. The van der Waals surface area contributed by atoms with Crippen molar-refractivity contribution in [2.45, 2.75) is 84.1 Å². The number of carbonyl (C=O) groups is 3. The van der Waals surface area contributed by atoms with Crippen LogP contribution in [0.2, 0.25) is 0 Å². The van der Waals surface area contributed by atoms with Gasteiger partial charge in [0.15, 0.2) is 0 Å². The standard InChI is InChI=1S/C38H55FN4O5/c1-4-6-7-28(5-2)32-21-33(26-43(25-32)36(44)13-8-27-14-17-40-18-15-27)38(46)42-35(22-37(45)47-3)31-20-30(23-41-24-31)29-9-11-34(12-10-29)48-19-16-39/h9-12,20,23-24,27-28,32-33,35,40H,4-8,13-19,21-22,25-26H2,1-3H3,(H,42,46). The number of hydrogen-bond acceptors (Lipinski definition) is 7. The fraction of sp³-hybridized carbons (Fsp3) is 0.632. The number of piperidine rings is 2. The summed E-state index contributed by atoms with van der Waals surface area (Å²) >= 11 is 0. The third-order valence-corrected chi connectivity index (χ3v) is 10.2. The molecule has 1 aromatic carbocycles. The Bertz CT molecular complexity index is 1300. The Morgan fingerprint density at radius 2 is 1.85 bits per heavy atom. The lowest BCUT2D eigenvalue weighted by Crippen LogP contribution is -2.50. The number of carbonyl (C=O) groups excluding carboxylic acids is 3. The zero-order valence-electron chi connectivity index (χ0n) is 29.1. The van der Waals surface area contributed by atoms with E-state index in [4.69, 9.17) is 9.47 Å². The maximum atomic E-state index is 14.1. The molecular formula is C38H55FN4O5. The van der Waals surface area contributed by atoms with Gasteiger partial charge in [-0.1, -0.05) is 51.7 Å². The maximum Gasteiger partial charge on any atom is 0.307 e. The van der Waals surface area contributed by atoms with E-state index in [0.717, 1.165) is 69.2 Å². The molecule has 0 aliphatic carbocycles. The molecule has 48 heavy (non-hydrogen) atoms. The molecule has 2 fully saturated rings. The number of rotatable bonds is 17. The molecule has 4 atom stereocenters. The van der Waals surface area contributed by atoms with Crippen LogP contribution in [-0.4, -0.2) is 74.2 Å². The van der Waals surface area contributed by atoms with Gasteiger partial charge in [0.2, 0.25) is 11.8 Å². The van der Waals surface area contributed by atoms with Crippen molar-refractivity contribution in [3.05, 3.63) is 48.3 Å². The minimum Gasteiger partial charge on any atom is -0.491 e. The van der Waals surface area contributed by atoms with Crippen LogP contribution in [0.15, 0.2) is 42.7 Å². The number of unbranched alkanes of at least 4 members (excludes halogenated alkanes) is 1. The van der Waals surface area contributed by atoms with Crippen LogP contribution >= 0.6 is 0 Å². The van der Waals surface area contributed by atoms with E-state index in [1.54, 1.807) is 24.5 Å². The van der Waals surface area contributed by atoms with Gasteiger partial charge in [0.05, 0.1) is 25.5 Å². The summed E-state index contributed by atoms with van der Waals surface area (Å²) in [6.45, 7) is 6.95. The second-order valence-corrected chi connectivity index (χ2v) is 13.4. The monoisotopic (exact) mass is 666 g/mol. The van der Waals surface area contributed by atoms with Crippen molar-refractivity contribution in [3.8, 4) is 16.9 Å². The number of halogens is 1. The lowest BCUT2D eigenvalue weighted by Gasteiger charge is -2.41. The Hall–Kier alpha value is -3.53. The van der Waals surface area contributed by atoms with Gasteiger partial charge in [0, 0.05) is 37.5 Å². The fourth-order valence-electron chi connectivity index (χ4n) is 7.27. The molecule has 0 spiro atoms. The normalized spacial score (nSPS) is 19.7. The van der Waals surface area contributed by atoms with Crippen molar-refractivity contribution >= 4 is 17.8 Å². The summed E-state index contributed by atoms with van der Waals surface area (Å²) in [4.78, 5) is 46.7. The van der Waals surface area contributed by atoms with Crippen LogP contribution in [0.3, 0.4) is 0 Å². The predicted octanol–water partition coefficient (Wildman–Crippen LogP) is 6.28. The minimum atomic E-state index is -0.656. The summed E-state index contributed by atoms with van der Waals surface area (Å²) in [7, 11) is 1.34. The quantitative estimate of drug-likeness (QED) is 0.191. The van der Waals surface area contributed by atoms with E-state index in [2.05, 4.69) is 29.5 Å². The lowest BCUT2D eigenvalue weighted by molar-refractivity contribution is -0.141. The smallest absolute Gasteiger partial charge is 0.307 e. The molecular weight excluding hydrogens is 611 g/mol. The molecule has 1 aromatic heterocycles. The molecule has 2 N–H and O–H groups in total. The number of amides is 2. The number of nitrogens with zero attached hydrogens (tertiary/aromatic N) is 2. The second-order valence-electron chi connectivity index (χ2n) is 13.4. The first-order valence-corrected chi connectivity index (χ1v) is 17.9. The molecule has 2 aromatic rings. The van der Waals surface area contributed by atoms with Crippen LogP contribution in [0, 0.1) is 23.7 Å². The predicted molar refractivity (Wildman–Crippen MR) is 185 cm³/mol. The van der Waals surface area contributed by atoms with Gasteiger partial charge in [-0.2, -0.15) is 0 Å². The van der Waals surface area contributed by atoms with E-state index in [1.165, 1.54) is 7.11 Å². The van der Waals surface area contributed by atoms with Gasteiger partial charge in [-0.05, 0) is 85.9 Å². The number of hydrogen-bond donors (Lipinski definition) is 2. The summed E-state index contributed by atoms with van der Waals surface area (Å²) in [6.07, 6.45) is 12.0. The van der Waals surface area contributed by atoms with E-state index in [0.29, 0.717) is 49.1 Å². The molecule has 2 aliphatic heterocycles. The number of esters is 1. The summed E-state index contributed by atoms with van der Waals surface area (Å²) < 4.78 is 22.9. The molecule has 4 unspecified atom stereocenters. The highest BCUT2D eigenvalue weighted by molar-refractivity contribution is 5.82. The number of alkyl halides is 1. The first-order chi connectivity index (χ1) is 23.3.